The second-order valence-corrected chi connectivity index (χ2v) is 7.59. The van der Waals surface area contributed by atoms with E-state index in [2.05, 4.69) is 22.1 Å². The third-order valence-corrected chi connectivity index (χ3v) is 5.58. The maximum atomic E-state index is 13.0. The normalized spacial score (nSPS) is 17.6. The Kier molecular flexibility index (Phi) is 4.31. The zero-order chi connectivity index (χ0) is 17.2. The topological polar surface area (TPSA) is 63.9 Å². The Morgan fingerprint density at radius 1 is 1.28 bits per heavy atom. The molecule has 1 atom stereocenters. The molecule has 1 amide bonds. The Bertz CT molecular complexity index is 873. The second kappa shape index (κ2) is 6.76. The van der Waals surface area contributed by atoms with E-state index in [1.54, 1.807) is 28.6 Å². The van der Waals surface area contributed by atoms with E-state index in [-0.39, 0.29) is 5.91 Å². The number of carbonyl (C=O) groups is 1. The number of carbonyl (C=O) groups excluding carboxylic acids is 1. The number of aryl methyl sites for hydroxylation is 1. The number of rotatable bonds is 3. The fourth-order valence-electron chi connectivity index (χ4n) is 3.24. The van der Waals surface area contributed by atoms with E-state index in [1.807, 2.05) is 35.4 Å². The minimum Gasteiger partial charge on any atom is -0.338 e. The number of hydrogen-bond acceptors (Lipinski definition) is 5. The number of benzene rings is 1. The van der Waals surface area contributed by atoms with Crippen molar-refractivity contribution in [1.29, 1.82) is 0 Å². The first-order valence-electron chi connectivity index (χ1n) is 8.37. The molecule has 3 heterocycles. The van der Waals surface area contributed by atoms with Gasteiger partial charge in [0, 0.05) is 41.3 Å². The third kappa shape index (κ3) is 3.32. The molecule has 1 aromatic carbocycles. The SMILES string of the molecule is Cc1cnc([C@H]2CCCN(C(=O)c3cccc(-n4cnnc4)c3)C2)s1. The number of aromatic nitrogens is 4. The highest BCUT2D eigenvalue weighted by molar-refractivity contribution is 7.11. The second-order valence-electron chi connectivity index (χ2n) is 6.32. The number of nitrogens with zero attached hydrogens (tertiary/aromatic N) is 5. The highest BCUT2D eigenvalue weighted by Gasteiger charge is 2.27. The van der Waals surface area contributed by atoms with Crippen LogP contribution in [0.5, 0.6) is 0 Å². The minimum atomic E-state index is 0.0768. The van der Waals surface area contributed by atoms with Crippen LogP contribution in [0.1, 0.15) is 39.0 Å². The first-order valence-corrected chi connectivity index (χ1v) is 9.19. The summed E-state index contributed by atoms with van der Waals surface area (Å²) in [4.78, 5) is 20.7. The molecule has 0 saturated carbocycles. The predicted octanol–water partition coefficient (Wildman–Crippen LogP) is 3.05. The Morgan fingerprint density at radius 2 is 2.12 bits per heavy atom. The molecular weight excluding hydrogens is 334 g/mol. The van der Waals surface area contributed by atoms with Crippen LogP contribution in [0.15, 0.2) is 43.1 Å². The van der Waals surface area contributed by atoms with Crippen molar-refractivity contribution in [3.05, 3.63) is 58.6 Å². The van der Waals surface area contributed by atoms with Crippen LogP contribution in [0, 0.1) is 6.92 Å². The van der Waals surface area contributed by atoms with Crippen molar-refractivity contribution in [3.63, 3.8) is 0 Å². The quantitative estimate of drug-likeness (QED) is 0.726. The molecule has 0 unspecified atom stereocenters. The van der Waals surface area contributed by atoms with Gasteiger partial charge in [0.15, 0.2) is 0 Å². The molecule has 25 heavy (non-hydrogen) atoms. The van der Waals surface area contributed by atoms with Gasteiger partial charge in [-0.15, -0.1) is 21.5 Å². The van der Waals surface area contributed by atoms with E-state index in [4.69, 9.17) is 0 Å². The van der Waals surface area contributed by atoms with Gasteiger partial charge in [-0.05, 0) is 38.0 Å². The van der Waals surface area contributed by atoms with Crippen molar-refractivity contribution in [3.8, 4) is 5.69 Å². The van der Waals surface area contributed by atoms with Crippen LogP contribution in [0.3, 0.4) is 0 Å². The molecule has 7 heteroatoms. The first kappa shape index (κ1) is 16.0. The highest BCUT2D eigenvalue weighted by atomic mass is 32.1. The van der Waals surface area contributed by atoms with Crippen molar-refractivity contribution in [1.82, 2.24) is 24.6 Å². The van der Waals surface area contributed by atoms with Crippen molar-refractivity contribution < 1.29 is 4.79 Å². The van der Waals surface area contributed by atoms with E-state index in [1.165, 1.54) is 4.88 Å². The lowest BCUT2D eigenvalue weighted by atomic mass is 9.98. The molecule has 2 aromatic heterocycles. The van der Waals surface area contributed by atoms with Gasteiger partial charge >= 0.3 is 0 Å². The lowest BCUT2D eigenvalue weighted by molar-refractivity contribution is 0.0707. The van der Waals surface area contributed by atoms with Crippen LogP contribution in [-0.4, -0.2) is 43.6 Å². The van der Waals surface area contributed by atoms with Crippen molar-refractivity contribution >= 4 is 17.2 Å². The number of hydrogen-bond donors (Lipinski definition) is 0. The Hall–Kier alpha value is -2.54. The third-order valence-electron chi connectivity index (χ3n) is 4.51. The summed E-state index contributed by atoms with van der Waals surface area (Å²) < 4.78 is 1.80. The van der Waals surface area contributed by atoms with Gasteiger partial charge in [-0.25, -0.2) is 4.98 Å². The molecule has 1 aliphatic rings. The molecule has 0 aliphatic carbocycles. The summed E-state index contributed by atoms with van der Waals surface area (Å²) in [6.45, 7) is 3.61. The molecule has 3 aromatic rings. The smallest absolute Gasteiger partial charge is 0.253 e. The molecule has 1 fully saturated rings. The number of thiazole rings is 1. The summed E-state index contributed by atoms with van der Waals surface area (Å²) in [5, 5.41) is 8.79. The highest BCUT2D eigenvalue weighted by Crippen LogP contribution is 2.30. The van der Waals surface area contributed by atoms with Crippen molar-refractivity contribution in [2.24, 2.45) is 0 Å². The summed E-state index contributed by atoms with van der Waals surface area (Å²) in [6.07, 6.45) is 7.29. The molecule has 6 nitrogen and oxygen atoms in total. The predicted molar refractivity (Wildman–Crippen MR) is 96.1 cm³/mol. The van der Waals surface area contributed by atoms with E-state index in [0.717, 1.165) is 36.6 Å². The van der Waals surface area contributed by atoms with Crippen LogP contribution >= 0.6 is 11.3 Å². The zero-order valence-electron chi connectivity index (χ0n) is 14.0. The molecular formula is C18H19N5OS. The summed E-state index contributed by atoms with van der Waals surface area (Å²) in [6, 6.07) is 7.60. The summed E-state index contributed by atoms with van der Waals surface area (Å²) in [5.41, 5.74) is 1.59. The lowest BCUT2D eigenvalue weighted by Crippen LogP contribution is -2.39. The summed E-state index contributed by atoms with van der Waals surface area (Å²) in [7, 11) is 0. The number of piperidine rings is 1. The van der Waals surface area contributed by atoms with Gasteiger partial charge in [-0.1, -0.05) is 6.07 Å². The molecule has 1 saturated heterocycles. The van der Waals surface area contributed by atoms with Gasteiger partial charge in [0.05, 0.1) is 5.01 Å². The van der Waals surface area contributed by atoms with Gasteiger partial charge in [0.2, 0.25) is 0 Å². The van der Waals surface area contributed by atoms with E-state index >= 15 is 0 Å². The number of likely N-dealkylation sites (tertiary alicyclic amines) is 1. The monoisotopic (exact) mass is 353 g/mol. The van der Waals surface area contributed by atoms with Gasteiger partial charge in [-0.3, -0.25) is 9.36 Å². The van der Waals surface area contributed by atoms with Crippen LogP contribution in [0.2, 0.25) is 0 Å². The standard InChI is InChI=1S/C18H19N5OS/c1-13-9-19-17(25-13)15-5-3-7-22(10-15)18(24)14-4-2-6-16(8-14)23-11-20-21-12-23/h2,4,6,8-9,11-12,15H,3,5,7,10H2,1H3/t15-/m0/s1. The van der Waals surface area contributed by atoms with Gasteiger partial charge in [0.1, 0.15) is 12.7 Å². The molecule has 128 valence electrons. The lowest BCUT2D eigenvalue weighted by Gasteiger charge is -2.32. The molecule has 4 rings (SSSR count). The molecule has 0 N–H and O–H groups in total. The van der Waals surface area contributed by atoms with E-state index in [0.29, 0.717) is 11.5 Å². The Morgan fingerprint density at radius 3 is 2.88 bits per heavy atom. The average Bonchev–Trinajstić information content (AvgIpc) is 3.33. The average molecular weight is 353 g/mol. The number of amides is 1. The van der Waals surface area contributed by atoms with Crippen LogP contribution < -0.4 is 0 Å². The fraction of sp³-hybridized carbons (Fsp3) is 0.333. The molecule has 0 bridgehead atoms. The zero-order valence-corrected chi connectivity index (χ0v) is 14.8. The van der Waals surface area contributed by atoms with Gasteiger partial charge in [0.25, 0.3) is 5.91 Å². The fourth-order valence-corrected chi connectivity index (χ4v) is 4.14. The maximum Gasteiger partial charge on any atom is 0.253 e. The van der Waals surface area contributed by atoms with Crippen LogP contribution in [-0.2, 0) is 0 Å². The minimum absolute atomic E-state index is 0.0768. The van der Waals surface area contributed by atoms with Crippen molar-refractivity contribution in [2.45, 2.75) is 25.7 Å². The summed E-state index contributed by atoms with van der Waals surface area (Å²) >= 11 is 1.74. The first-order chi connectivity index (χ1) is 12.2. The molecule has 0 spiro atoms. The molecule has 0 radical (unpaired) electrons. The van der Waals surface area contributed by atoms with Crippen LogP contribution in [0.25, 0.3) is 5.69 Å². The Balaban J connectivity index is 1.53. The van der Waals surface area contributed by atoms with E-state index in [9.17, 15) is 4.79 Å². The Labute approximate surface area is 150 Å². The summed E-state index contributed by atoms with van der Waals surface area (Å²) in [5.74, 6) is 0.422. The van der Waals surface area contributed by atoms with Gasteiger partial charge < -0.3 is 4.90 Å². The van der Waals surface area contributed by atoms with E-state index < -0.39 is 0 Å². The van der Waals surface area contributed by atoms with Gasteiger partial charge in [-0.2, -0.15) is 0 Å². The maximum absolute atomic E-state index is 13.0. The molecule has 1 aliphatic heterocycles. The largest absolute Gasteiger partial charge is 0.338 e. The van der Waals surface area contributed by atoms with Crippen LogP contribution in [0.4, 0.5) is 0 Å². The van der Waals surface area contributed by atoms with Crippen molar-refractivity contribution in [2.75, 3.05) is 13.1 Å².